The van der Waals surface area contributed by atoms with E-state index in [0.29, 0.717) is 11.3 Å². The zero-order valence-electron chi connectivity index (χ0n) is 12.4. The molecular formula is C17H24N2O. The fraction of sp³-hybridized carbons (Fsp3) is 0.471. The first-order valence-corrected chi connectivity index (χ1v) is 7.03. The summed E-state index contributed by atoms with van der Waals surface area (Å²) in [7, 11) is 1.94. The highest BCUT2D eigenvalue weighted by Crippen LogP contribution is 2.69. The quantitative estimate of drug-likeness (QED) is 0.667. The molecule has 0 radical (unpaired) electrons. The molecule has 3 nitrogen and oxygen atoms in total. The third kappa shape index (κ3) is 2.06. The molecule has 2 aliphatic rings. The van der Waals surface area contributed by atoms with Crippen LogP contribution in [0.25, 0.3) is 0 Å². The molecule has 3 N–H and O–H groups in total. The van der Waals surface area contributed by atoms with Crippen LogP contribution >= 0.6 is 0 Å². The number of aryl methyl sites for hydroxylation is 1. The largest absolute Gasteiger partial charge is 0.412 e. The fourth-order valence-corrected chi connectivity index (χ4v) is 3.64. The van der Waals surface area contributed by atoms with Crippen LogP contribution < -0.4 is 0 Å². The number of hydrogen-bond acceptors (Lipinski definition) is 1. The third-order valence-corrected chi connectivity index (χ3v) is 4.96. The minimum atomic E-state index is -0.0779. The molecule has 0 heterocycles. The molecule has 0 saturated heterocycles. The predicted octanol–water partition coefficient (Wildman–Crippen LogP) is 3.03. The summed E-state index contributed by atoms with van der Waals surface area (Å²) in [6.07, 6.45) is 6.73. The number of hydrogen-bond donors (Lipinski definition) is 1. The minimum Gasteiger partial charge on any atom is -0.412 e. The Morgan fingerprint density at radius 2 is 2.00 bits per heavy atom. The SMILES string of the molecule is C=CN(C)C(=N)C1(c2cccc(C)c2)CC2(CC2)C1.O. The number of rotatable bonds is 3. The van der Waals surface area contributed by atoms with Gasteiger partial charge in [-0.3, -0.25) is 5.41 Å². The van der Waals surface area contributed by atoms with Gasteiger partial charge in [-0.05, 0) is 49.8 Å². The predicted molar refractivity (Wildman–Crippen MR) is 83.1 cm³/mol. The van der Waals surface area contributed by atoms with E-state index in [1.807, 2.05) is 11.9 Å². The Labute approximate surface area is 121 Å². The standard InChI is InChI=1S/C17H22N2.H2O/c1-4-19(3)15(18)17(11-16(12-17)8-9-16)14-7-5-6-13(2)10-14;/h4-7,10,18H,1,8-9,11-12H2,2-3H3;1H2. The number of amidine groups is 1. The van der Waals surface area contributed by atoms with Gasteiger partial charge in [0.25, 0.3) is 0 Å². The topological polar surface area (TPSA) is 58.6 Å². The molecule has 2 aliphatic carbocycles. The zero-order chi connectivity index (χ0) is 13.7. The maximum atomic E-state index is 8.57. The smallest absolute Gasteiger partial charge is 0.110 e. The number of nitrogens with zero attached hydrogens (tertiary/aromatic N) is 1. The van der Waals surface area contributed by atoms with Crippen LogP contribution in [0.4, 0.5) is 0 Å². The fourth-order valence-electron chi connectivity index (χ4n) is 3.64. The molecule has 0 aromatic heterocycles. The molecule has 0 amide bonds. The van der Waals surface area contributed by atoms with E-state index in [9.17, 15) is 0 Å². The van der Waals surface area contributed by atoms with E-state index >= 15 is 0 Å². The highest BCUT2D eigenvalue weighted by atomic mass is 16.0. The first-order valence-electron chi connectivity index (χ1n) is 7.03. The molecule has 2 saturated carbocycles. The van der Waals surface area contributed by atoms with Crippen LogP contribution in [0, 0.1) is 17.7 Å². The highest BCUT2D eigenvalue weighted by molar-refractivity contribution is 5.92. The Bertz CT molecular complexity index is 538. The molecule has 1 aromatic carbocycles. The molecule has 3 heteroatoms. The van der Waals surface area contributed by atoms with Crippen molar-refractivity contribution in [1.29, 1.82) is 5.41 Å². The van der Waals surface area contributed by atoms with Gasteiger partial charge in [0, 0.05) is 7.05 Å². The first kappa shape index (κ1) is 14.8. The van der Waals surface area contributed by atoms with Gasteiger partial charge < -0.3 is 10.4 Å². The van der Waals surface area contributed by atoms with E-state index < -0.39 is 0 Å². The normalized spacial score (nSPS) is 20.5. The Morgan fingerprint density at radius 3 is 2.50 bits per heavy atom. The van der Waals surface area contributed by atoms with Crippen LogP contribution in [0.5, 0.6) is 0 Å². The summed E-state index contributed by atoms with van der Waals surface area (Å²) in [5.41, 5.74) is 3.08. The summed E-state index contributed by atoms with van der Waals surface area (Å²) >= 11 is 0. The number of nitrogens with one attached hydrogen (secondary N) is 1. The molecule has 20 heavy (non-hydrogen) atoms. The Kier molecular flexibility index (Phi) is 3.51. The molecule has 108 valence electrons. The lowest BCUT2D eigenvalue weighted by molar-refractivity contribution is 0.172. The maximum Gasteiger partial charge on any atom is 0.110 e. The van der Waals surface area contributed by atoms with Crippen LogP contribution in [-0.4, -0.2) is 23.3 Å². The van der Waals surface area contributed by atoms with Gasteiger partial charge in [-0.15, -0.1) is 0 Å². The monoisotopic (exact) mass is 272 g/mol. The molecule has 3 rings (SSSR count). The molecule has 0 aliphatic heterocycles. The lowest BCUT2D eigenvalue weighted by atomic mass is 9.55. The van der Waals surface area contributed by atoms with Crippen molar-refractivity contribution in [1.82, 2.24) is 4.90 Å². The lowest BCUT2D eigenvalue weighted by Gasteiger charge is -2.51. The Morgan fingerprint density at radius 1 is 1.35 bits per heavy atom. The minimum absolute atomic E-state index is 0. The summed E-state index contributed by atoms with van der Waals surface area (Å²) in [5.74, 6) is 0.700. The molecule has 0 bridgehead atoms. The van der Waals surface area contributed by atoms with Crippen molar-refractivity contribution in [2.75, 3.05) is 7.05 Å². The molecule has 1 aromatic rings. The lowest BCUT2D eigenvalue weighted by Crippen LogP contribution is -2.53. The van der Waals surface area contributed by atoms with Crippen molar-refractivity contribution in [2.24, 2.45) is 5.41 Å². The Balaban J connectivity index is 0.00000147. The van der Waals surface area contributed by atoms with Crippen LogP contribution in [0.15, 0.2) is 37.0 Å². The summed E-state index contributed by atoms with van der Waals surface area (Å²) in [5, 5.41) is 8.57. The molecular weight excluding hydrogens is 248 g/mol. The van der Waals surface area contributed by atoms with Gasteiger partial charge in [0.2, 0.25) is 0 Å². The van der Waals surface area contributed by atoms with Gasteiger partial charge in [0.05, 0.1) is 5.41 Å². The van der Waals surface area contributed by atoms with E-state index in [0.717, 1.165) is 12.8 Å². The second-order valence-electron chi connectivity index (χ2n) is 6.45. The second-order valence-corrected chi connectivity index (χ2v) is 6.45. The van der Waals surface area contributed by atoms with Gasteiger partial charge in [-0.25, -0.2) is 0 Å². The van der Waals surface area contributed by atoms with E-state index in [4.69, 9.17) is 5.41 Å². The third-order valence-electron chi connectivity index (χ3n) is 4.96. The van der Waals surface area contributed by atoms with E-state index in [-0.39, 0.29) is 10.9 Å². The molecule has 0 unspecified atom stereocenters. The van der Waals surface area contributed by atoms with Gasteiger partial charge in [0.1, 0.15) is 5.84 Å². The summed E-state index contributed by atoms with van der Waals surface area (Å²) < 4.78 is 0. The molecule has 2 fully saturated rings. The van der Waals surface area contributed by atoms with Crippen LogP contribution in [0.3, 0.4) is 0 Å². The van der Waals surface area contributed by atoms with Crippen molar-refractivity contribution in [2.45, 2.75) is 38.0 Å². The number of likely N-dealkylation sites (N-methyl/N-ethyl adjacent to an activating group) is 1. The van der Waals surface area contributed by atoms with E-state index in [2.05, 4.69) is 37.8 Å². The van der Waals surface area contributed by atoms with Gasteiger partial charge in [-0.2, -0.15) is 0 Å². The highest BCUT2D eigenvalue weighted by Gasteiger charge is 2.63. The van der Waals surface area contributed by atoms with Crippen LogP contribution in [-0.2, 0) is 5.41 Å². The first-order chi connectivity index (χ1) is 9.01. The van der Waals surface area contributed by atoms with Crippen molar-refractivity contribution in [3.8, 4) is 0 Å². The Hall–Kier alpha value is -1.61. The molecule has 1 spiro atoms. The second kappa shape index (κ2) is 4.74. The van der Waals surface area contributed by atoms with Gasteiger partial charge >= 0.3 is 0 Å². The van der Waals surface area contributed by atoms with Crippen molar-refractivity contribution in [3.63, 3.8) is 0 Å². The average molecular weight is 272 g/mol. The number of benzene rings is 1. The van der Waals surface area contributed by atoms with Crippen molar-refractivity contribution >= 4 is 5.84 Å². The summed E-state index contributed by atoms with van der Waals surface area (Å²) in [6, 6.07) is 8.68. The van der Waals surface area contributed by atoms with Crippen molar-refractivity contribution in [3.05, 3.63) is 48.2 Å². The van der Waals surface area contributed by atoms with Crippen LogP contribution in [0.2, 0.25) is 0 Å². The summed E-state index contributed by atoms with van der Waals surface area (Å²) in [4.78, 5) is 1.87. The van der Waals surface area contributed by atoms with Crippen molar-refractivity contribution < 1.29 is 5.48 Å². The van der Waals surface area contributed by atoms with E-state index in [1.165, 1.54) is 24.0 Å². The maximum absolute atomic E-state index is 8.57. The van der Waals surface area contributed by atoms with Gasteiger partial charge in [0.15, 0.2) is 0 Å². The van der Waals surface area contributed by atoms with Crippen LogP contribution in [0.1, 0.15) is 36.8 Å². The average Bonchev–Trinajstić information content (AvgIpc) is 3.15. The zero-order valence-corrected chi connectivity index (χ0v) is 12.4. The van der Waals surface area contributed by atoms with E-state index in [1.54, 1.807) is 6.20 Å². The van der Waals surface area contributed by atoms with Gasteiger partial charge in [-0.1, -0.05) is 36.4 Å². The summed E-state index contributed by atoms with van der Waals surface area (Å²) in [6.45, 7) is 5.93. The molecule has 0 atom stereocenters.